The van der Waals surface area contributed by atoms with Gasteiger partial charge in [0.2, 0.25) is 0 Å². The summed E-state index contributed by atoms with van der Waals surface area (Å²) in [4.78, 5) is 41.6. The normalized spacial score (nSPS) is 17.7. The first-order valence-corrected chi connectivity index (χ1v) is 11.3. The number of rotatable bonds is 7. The maximum absolute atomic E-state index is 13.4. The molecule has 1 amide bonds. The zero-order chi connectivity index (χ0) is 24.2. The molecule has 1 aliphatic rings. The van der Waals surface area contributed by atoms with Crippen molar-refractivity contribution in [2.24, 2.45) is 0 Å². The summed E-state index contributed by atoms with van der Waals surface area (Å²) in [6.45, 7) is 0.441. The highest BCUT2D eigenvalue weighted by atomic mass is 16.5. The Kier molecular flexibility index (Phi) is 6.47. The van der Waals surface area contributed by atoms with Crippen LogP contribution in [0.4, 0.5) is 11.6 Å². The third kappa shape index (κ3) is 4.88. The van der Waals surface area contributed by atoms with E-state index >= 15 is 0 Å². The van der Waals surface area contributed by atoms with Crippen molar-refractivity contribution < 1.29 is 19.4 Å². The van der Waals surface area contributed by atoms with E-state index in [1.54, 1.807) is 54.9 Å². The van der Waals surface area contributed by atoms with Crippen molar-refractivity contribution >= 4 is 34.4 Å². The van der Waals surface area contributed by atoms with Gasteiger partial charge in [0.1, 0.15) is 23.6 Å². The molecular weight excluding hydrogens is 448 g/mol. The van der Waals surface area contributed by atoms with Gasteiger partial charge in [0, 0.05) is 23.5 Å². The monoisotopic (exact) mass is 472 g/mol. The van der Waals surface area contributed by atoms with Gasteiger partial charge in [-0.05, 0) is 37.1 Å². The molecule has 1 aromatic carbocycles. The Hall–Kier alpha value is -4.15. The minimum Gasteiger partial charge on any atom is -0.394 e. The van der Waals surface area contributed by atoms with E-state index in [1.807, 2.05) is 0 Å². The van der Waals surface area contributed by atoms with Crippen LogP contribution in [0.5, 0.6) is 0 Å². The predicted molar refractivity (Wildman–Crippen MR) is 129 cm³/mol. The van der Waals surface area contributed by atoms with E-state index in [0.717, 1.165) is 12.8 Å². The van der Waals surface area contributed by atoms with Crippen LogP contribution in [0, 0.1) is 0 Å². The molecule has 0 spiro atoms. The van der Waals surface area contributed by atoms with Gasteiger partial charge in [0.05, 0.1) is 36.3 Å². The first kappa shape index (κ1) is 22.6. The molecule has 35 heavy (non-hydrogen) atoms. The Balaban J connectivity index is 1.35. The van der Waals surface area contributed by atoms with Gasteiger partial charge in [-0.2, -0.15) is 0 Å². The molecule has 1 saturated heterocycles. The smallest absolute Gasteiger partial charge is 0.256 e. The van der Waals surface area contributed by atoms with Crippen molar-refractivity contribution in [3.8, 4) is 0 Å². The molecule has 2 atom stereocenters. The quantitative estimate of drug-likeness (QED) is 0.301. The largest absolute Gasteiger partial charge is 0.394 e. The zero-order valence-electron chi connectivity index (χ0n) is 18.8. The summed E-state index contributed by atoms with van der Waals surface area (Å²) in [7, 11) is 0. The van der Waals surface area contributed by atoms with Gasteiger partial charge in [0.15, 0.2) is 5.78 Å². The first-order valence-electron chi connectivity index (χ1n) is 11.3. The number of hydrogen-bond acceptors (Lipinski definition) is 8. The highest BCUT2D eigenvalue weighted by Gasteiger charge is 2.24. The predicted octanol–water partition coefficient (Wildman–Crippen LogP) is 2.79. The second-order valence-corrected chi connectivity index (χ2v) is 8.28. The SMILES string of the molecule is O=C(Nc1ccccn1)c1ccc(C(=O)c2c[nH]c3ncnc(N[C@H]4CC[C@@H](CO)OC4)c23)cc1. The number of ether oxygens (including phenoxy) is 1. The highest BCUT2D eigenvalue weighted by molar-refractivity contribution is 6.18. The Morgan fingerprint density at radius 2 is 1.89 bits per heavy atom. The van der Waals surface area contributed by atoms with E-state index in [1.165, 1.54) is 6.33 Å². The van der Waals surface area contributed by atoms with Gasteiger partial charge in [-0.3, -0.25) is 9.59 Å². The maximum atomic E-state index is 13.4. The molecule has 0 saturated carbocycles. The fourth-order valence-corrected chi connectivity index (χ4v) is 4.06. The van der Waals surface area contributed by atoms with Gasteiger partial charge in [-0.15, -0.1) is 0 Å². The van der Waals surface area contributed by atoms with Crippen molar-refractivity contribution in [2.45, 2.75) is 25.0 Å². The molecular formula is C25H24N6O4. The molecule has 178 valence electrons. The first-order chi connectivity index (χ1) is 17.1. The zero-order valence-corrected chi connectivity index (χ0v) is 18.8. The van der Waals surface area contributed by atoms with Crippen LogP contribution in [0.3, 0.4) is 0 Å². The second kappa shape index (κ2) is 10.00. The minimum absolute atomic E-state index is 0.00449. The van der Waals surface area contributed by atoms with Crippen LogP contribution in [0.15, 0.2) is 61.2 Å². The summed E-state index contributed by atoms with van der Waals surface area (Å²) in [5.41, 5.74) is 1.82. The van der Waals surface area contributed by atoms with Gasteiger partial charge in [0.25, 0.3) is 5.91 Å². The number of nitrogens with one attached hydrogen (secondary N) is 3. The molecule has 4 N–H and O–H groups in total. The summed E-state index contributed by atoms with van der Waals surface area (Å²) >= 11 is 0. The number of aromatic amines is 1. The standard InChI is InChI=1S/C25H24N6O4/c32-12-18-9-8-17(13-35-18)30-24-21-19(11-27-23(21)28-14-29-24)22(33)15-4-6-16(7-5-15)25(34)31-20-3-1-2-10-26-20/h1-7,10-11,14,17-18,32H,8-9,12-13H2,(H,26,31,34)(H2,27,28,29,30)/t17-,18-/m0/s1. The van der Waals surface area contributed by atoms with Crippen LogP contribution in [-0.2, 0) is 4.74 Å². The summed E-state index contributed by atoms with van der Waals surface area (Å²) < 4.78 is 5.65. The fourth-order valence-electron chi connectivity index (χ4n) is 4.06. The van der Waals surface area contributed by atoms with E-state index in [-0.39, 0.29) is 30.4 Å². The molecule has 10 nitrogen and oxygen atoms in total. The average molecular weight is 473 g/mol. The second-order valence-electron chi connectivity index (χ2n) is 8.28. The van der Waals surface area contributed by atoms with E-state index in [2.05, 4.69) is 30.6 Å². The lowest BCUT2D eigenvalue weighted by Crippen LogP contribution is -2.36. The topological polar surface area (TPSA) is 142 Å². The van der Waals surface area contributed by atoms with Crippen LogP contribution >= 0.6 is 0 Å². The number of aromatic nitrogens is 4. The Labute approximate surface area is 200 Å². The lowest BCUT2D eigenvalue weighted by atomic mass is 10.0. The van der Waals surface area contributed by atoms with Crippen LogP contribution < -0.4 is 10.6 Å². The molecule has 4 aromatic rings. The number of pyridine rings is 1. The number of aliphatic hydroxyl groups is 1. The number of anilines is 2. The minimum atomic E-state index is -0.312. The van der Waals surface area contributed by atoms with Crippen LogP contribution in [0.1, 0.15) is 39.1 Å². The number of carbonyl (C=O) groups is 2. The molecule has 0 unspecified atom stereocenters. The van der Waals surface area contributed by atoms with Crippen molar-refractivity contribution in [2.75, 3.05) is 23.8 Å². The number of H-pyrrole nitrogens is 1. The number of hydrogen-bond donors (Lipinski definition) is 4. The van der Waals surface area contributed by atoms with E-state index < -0.39 is 0 Å². The molecule has 0 radical (unpaired) electrons. The van der Waals surface area contributed by atoms with Gasteiger partial charge in [-0.25, -0.2) is 15.0 Å². The lowest BCUT2D eigenvalue weighted by Gasteiger charge is -2.29. The molecule has 3 aromatic heterocycles. The number of nitrogens with zero attached hydrogens (tertiary/aromatic N) is 3. The molecule has 0 bridgehead atoms. The Morgan fingerprint density at radius 1 is 1.06 bits per heavy atom. The average Bonchev–Trinajstić information content (AvgIpc) is 3.35. The van der Waals surface area contributed by atoms with Gasteiger partial charge in [-0.1, -0.05) is 18.2 Å². The number of fused-ring (bicyclic) bond motifs is 1. The van der Waals surface area contributed by atoms with E-state index in [9.17, 15) is 14.7 Å². The number of benzene rings is 1. The van der Waals surface area contributed by atoms with E-state index in [4.69, 9.17) is 4.74 Å². The number of carbonyl (C=O) groups excluding carboxylic acids is 2. The summed E-state index contributed by atoms with van der Waals surface area (Å²) in [6.07, 6.45) is 6.06. The van der Waals surface area contributed by atoms with Crippen molar-refractivity contribution in [3.63, 3.8) is 0 Å². The molecule has 0 aliphatic carbocycles. The third-order valence-electron chi connectivity index (χ3n) is 5.94. The Morgan fingerprint density at radius 3 is 2.60 bits per heavy atom. The van der Waals surface area contributed by atoms with Crippen molar-refractivity contribution in [1.29, 1.82) is 0 Å². The molecule has 1 aliphatic heterocycles. The van der Waals surface area contributed by atoms with Crippen molar-refractivity contribution in [3.05, 3.63) is 77.9 Å². The molecule has 4 heterocycles. The fraction of sp³-hybridized carbons (Fsp3) is 0.240. The molecule has 1 fully saturated rings. The van der Waals surface area contributed by atoms with Crippen LogP contribution in [0.2, 0.25) is 0 Å². The van der Waals surface area contributed by atoms with Gasteiger partial charge < -0.3 is 25.5 Å². The van der Waals surface area contributed by atoms with Gasteiger partial charge >= 0.3 is 0 Å². The molecule has 5 rings (SSSR count). The number of ketones is 1. The summed E-state index contributed by atoms with van der Waals surface area (Å²) in [6, 6.07) is 11.7. The Bertz CT molecular complexity index is 1330. The summed E-state index contributed by atoms with van der Waals surface area (Å²) in [5, 5.41) is 15.9. The summed E-state index contributed by atoms with van der Waals surface area (Å²) in [5.74, 6) is 0.465. The van der Waals surface area contributed by atoms with Crippen molar-refractivity contribution in [1.82, 2.24) is 19.9 Å². The maximum Gasteiger partial charge on any atom is 0.256 e. The third-order valence-corrected chi connectivity index (χ3v) is 5.94. The van der Waals surface area contributed by atoms with Crippen LogP contribution in [0.25, 0.3) is 11.0 Å². The van der Waals surface area contributed by atoms with Crippen LogP contribution in [-0.4, -0.2) is 62.1 Å². The highest BCUT2D eigenvalue weighted by Crippen LogP contribution is 2.27. The number of amides is 1. The number of aliphatic hydroxyl groups excluding tert-OH is 1. The lowest BCUT2D eigenvalue weighted by molar-refractivity contribution is -0.0224. The molecule has 10 heteroatoms. The van der Waals surface area contributed by atoms with E-state index in [0.29, 0.717) is 46.0 Å².